The summed E-state index contributed by atoms with van der Waals surface area (Å²) in [7, 11) is 4.60. The second-order valence-corrected chi connectivity index (χ2v) is 5.35. The van der Waals surface area contributed by atoms with E-state index in [4.69, 9.17) is 9.47 Å². The average molecular weight is 401 g/mol. The Bertz CT molecular complexity index is 742. The Morgan fingerprint density at radius 3 is 2.46 bits per heavy atom. The quantitative estimate of drug-likeness (QED) is 0.731. The Kier molecular flexibility index (Phi) is 7.66. The van der Waals surface area contributed by atoms with Crippen LogP contribution in [0.4, 0.5) is 0 Å². The highest BCUT2D eigenvalue weighted by Crippen LogP contribution is 2.27. The zero-order valence-corrected chi connectivity index (χ0v) is 15.6. The molecule has 1 atom stereocenters. The second kappa shape index (κ2) is 9.24. The molecule has 0 bridgehead atoms. The fourth-order valence-electron chi connectivity index (χ4n) is 2.05. The van der Waals surface area contributed by atoms with Crippen molar-refractivity contribution in [3.05, 3.63) is 39.0 Å². The molecule has 2 aromatic rings. The van der Waals surface area contributed by atoms with Crippen LogP contribution < -0.4 is 20.9 Å². The average Bonchev–Trinajstić information content (AvgIpc) is 2.89. The van der Waals surface area contributed by atoms with Crippen molar-refractivity contribution < 1.29 is 14.3 Å². The van der Waals surface area contributed by atoms with Gasteiger partial charge in [0.05, 0.1) is 26.8 Å². The summed E-state index contributed by atoms with van der Waals surface area (Å²) >= 11 is 3.20. The predicted octanol–water partition coefficient (Wildman–Crippen LogP) is 1.21. The van der Waals surface area contributed by atoms with Crippen LogP contribution in [0, 0.1) is 0 Å². The predicted molar refractivity (Wildman–Crippen MR) is 93.7 cm³/mol. The SMILES string of the molecule is CN.COc1ccc(Cn2nc(Br)n(C(C)C=O)c2=O)cc1OC. The molecule has 0 aliphatic rings. The fraction of sp³-hybridized carbons (Fsp3) is 0.400. The standard InChI is InChI=1S/C14H16BrN3O4.CH5N/c1-9(8-19)18-13(15)16-17(14(18)20)7-10-4-5-11(21-2)12(6-10)22-3;1-2/h4-6,8-9H,7H2,1-3H3;2H2,1H3. The highest BCUT2D eigenvalue weighted by atomic mass is 79.9. The molecule has 1 aromatic carbocycles. The minimum Gasteiger partial charge on any atom is -0.493 e. The molecule has 2 rings (SSSR count). The number of nitrogens with zero attached hydrogens (tertiary/aromatic N) is 3. The van der Waals surface area contributed by atoms with Crippen LogP contribution in [0.5, 0.6) is 11.5 Å². The maximum atomic E-state index is 12.3. The number of nitrogens with two attached hydrogens (primary N) is 1. The number of hydrogen-bond donors (Lipinski definition) is 1. The normalized spacial score (nSPS) is 11.2. The maximum Gasteiger partial charge on any atom is 0.347 e. The van der Waals surface area contributed by atoms with Crippen molar-refractivity contribution >= 4 is 22.2 Å². The molecular weight excluding hydrogens is 380 g/mol. The molecule has 0 aliphatic carbocycles. The number of hydrogen-bond acceptors (Lipinski definition) is 6. The first-order valence-electron chi connectivity index (χ1n) is 7.10. The van der Waals surface area contributed by atoms with Crippen molar-refractivity contribution in [3.8, 4) is 11.5 Å². The van der Waals surface area contributed by atoms with Gasteiger partial charge in [-0.2, -0.15) is 0 Å². The van der Waals surface area contributed by atoms with Crippen LogP contribution in [-0.2, 0) is 11.3 Å². The number of ether oxygens (including phenoxy) is 2. The minimum absolute atomic E-state index is 0.260. The summed E-state index contributed by atoms with van der Waals surface area (Å²) in [6.45, 7) is 1.89. The second-order valence-electron chi connectivity index (χ2n) is 4.65. The van der Waals surface area contributed by atoms with E-state index in [0.29, 0.717) is 22.5 Å². The Morgan fingerprint density at radius 1 is 1.29 bits per heavy atom. The van der Waals surface area contributed by atoms with Crippen LogP contribution in [0.15, 0.2) is 27.7 Å². The molecular formula is C15H21BrN4O4. The van der Waals surface area contributed by atoms with Gasteiger partial charge in [0.2, 0.25) is 4.73 Å². The lowest BCUT2D eigenvalue weighted by molar-refractivity contribution is -0.110. The smallest absolute Gasteiger partial charge is 0.347 e. The molecule has 0 saturated heterocycles. The Labute approximate surface area is 148 Å². The Balaban J connectivity index is 0.00000139. The van der Waals surface area contributed by atoms with Crippen molar-refractivity contribution in [1.82, 2.24) is 14.3 Å². The number of aromatic nitrogens is 3. The number of aldehydes is 1. The van der Waals surface area contributed by atoms with Gasteiger partial charge in [-0.25, -0.2) is 9.48 Å². The fourth-order valence-corrected chi connectivity index (χ4v) is 2.72. The summed E-state index contributed by atoms with van der Waals surface area (Å²) in [5.41, 5.74) is 4.97. The Hall–Kier alpha value is -2.13. The summed E-state index contributed by atoms with van der Waals surface area (Å²) in [5.74, 6) is 1.19. The van der Waals surface area contributed by atoms with E-state index in [1.807, 2.05) is 6.07 Å². The number of rotatable bonds is 6. The van der Waals surface area contributed by atoms with Gasteiger partial charge in [0.15, 0.2) is 11.5 Å². The van der Waals surface area contributed by atoms with Crippen LogP contribution >= 0.6 is 15.9 Å². The van der Waals surface area contributed by atoms with Gasteiger partial charge < -0.3 is 20.0 Å². The summed E-state index contributed by atoms with van der Waals surface area (Å²) in [5, 5.41) is 4.13. The molecule has 2 N–H and O–H groups in total. The summed E-state index contributed by atoms with van der Waals surface area (Å²) in [6.07, 6.45) is 0.689. The first kappa shape index (κ1) is 19.9. The molecule has 1 heterocycles. The minimum atomic E-state index is -0.582. The van der Waals surface area contributed by atoms with E-state index in [1.165, 1.54) is 16.3 Å². The molecule has 8 nitrogen and oxygen atoms in total. The van der Waals surface area contributed by atoms with E-state index in [2.05, 4.69) is 26.8 Å². The van der Waals surface area contributed by atoms with E-state index in [-0.39, 0.29) is 12.2 Å². The zero-order chi connectivity index (χ0) is 18.3. The van der Waals surface area contributed by atoms with Crippen molar-refractivity contribution in [2.45, 2.75) is 19.5 Å². The number of carbonyl (C=O) groups excluding carboxylic acids is 1. The topological polar surface area (TPSA) is 101 Å². The van der Waals surface area contributed by atoms with E-state index < -0.39 is 6.04 Å². The van der Waals surface area contributed by atoms with Gasteiger partial charge in [-0.15, -0.1) is 5.10 Å². The van der Waals surface area contributed by atoms with Crippen LogP contribution in [0.3, 0.4) is 0 Å². The largest absolute Gasteiger partial charge is 0.493 e. The molecule has 0 aliphatic heterocycles. The lowest BCUT2D eigenvalue weighted by atomic mass is 10.2. The lowest BCUT2D eigenvalue weighted by Gasteiger charge is -2.09. The molecule has 132 valence electrons. The van der Waals surface area contributed by atoms with Crippen LogP contribution in [0.25, 0.3) is 0 Å². The summed E-state index contributed by atoms with van der Waals surface area (Å²) in [4.78, 5) is 23.2. The molecule has 1 unspecified atom stereocenters. The summed E-state index contributed by atoms with van der Waals surface area (Å²) < 4.78 is 13.3. The molecule has 0 saturated carbocycles. The van der Waals surface area contributed by atoms with Gasteiger partial charge in [-0.1, -0.05) is 6.07 Å². The highest BCUT2D eigenvalue weighted by Gasteiger charge is 2.16. The number of benzene rings is 1. The lowest BCUT2D eigenvalue weighted by Crippen LogP contribution is -2.28. The van der Waals surface area contributed by atoms with E-state index in [0.717, 1.165) is 5.56 Å². The Morgan fingerprint density at radius 2 is 1.92 bits per heavy atom. The highest BCUT2D eigenvalue weighted by molar-refractivity contribution is 9.10. The van der Waals surface area contributed by atoms with Gasteiger partial charge >= 0.3 is 5.69 Å². The summed E-state index contributed by atoms with van der Waals surface area (Å²) in [6, 6.07) is 4.78. The van der Waals surface area contributed by atoms with Gasteiger partial charge in [-0.05, 0) is 47.6 Å². The van der Waals surface area contributed by atoms with E-state index in [1.54, 1.807) is 33.3 Å². The van der Waals surface area contributed by atoms with E-state index in [9.17, 15) is 9.59 Å². The molecule has 0 spiro atoms. The first-order chi connectivity index (χ1) is 11.5. The van der Waals surface area contributed by atoms with Crippen LogP contribution in [0.2, 0.25) is 0 Å². The molecule has 0 radical (unpaired) electrons. The maximum absolute atomic E-state index is 12.3. The van der Waals surface area contributed by atoms with Crippen molar-refractivity contribution in [1.29, 1.82) is 0 Å². The number of methoxy groups -OCH3 is 2. The molecule has 1 aromatic heterocycles. The van der Waals surface area contributed by atoms with Gasteiger partial charge in [0, 0.05) is 0 Å². The van der Waals surface area contributed by atoms with Gasteiger partial charge in [0.1, 0.15) is 6.29 Å². The molecule has 9 heteroatoms. The first-order valence-corrected chi connectivity index (χ1v) is 7.90. The van der Waals surface area contributed by atoms with Crippen molar-refractivity contribution in [2.24, 2.45) is 5.73 Å². The number of carbonyl (C=O) groups is 1. The van der Waals surface area contributed by atoms with Gasteiger partial charge in [0.25, 0.3) is 0 Å². The molecule has 24 heavy (non-hydrogen) atoms. The van der Waals surface area contributed by atoms with Crippen molar-refractivity contribution in [3.63, 3.8) is 0 Å². The van der Waals surface area contributed by atoms with Crippen LogP contribution in [-0.4, -0.2) is 41.9 Å². The molecule has 0 amide bonds. The third kappa shape index (κ3) is 4.24. The van der Waals surface area contributed by atoms with Crippen LogP contribution in [0.1, 0.15) is 18.5 Å². The zero-order valence-electron chi connectivity index (χ0n) is 14.0. The number of halogens is 1. The third-order valence-electron chi connectivity index (χ3n) is 3.21. The van der Waals surface area contributed by atoms with Crippen molar-refractivity contribution in [2.75, 3.05) is 21.3 Å². The van der Waals surface area contributed by atoms with E-state index >= 15 is 0 Å². The molecule has 0 fully saturated rings. The third-order valence-corrected chi connectivity index (χ3v) is 3.75. The van der Waals surface area contributed by atoms with Gasteiger partial charge in [-0.3, -0.25) is 4.57 Å². The monoisotopic (exact) mass is 400 g/mol.